The molecule has 4 rings (SSSR count). The summed E-state index contributed by atoms with van der Waals surface area (Å²) in [6.07, 6.45) is -4.16. The first-order valence-corrected chi connectivity index (χ1v) is 11.0. The summed E-state index contributed by atoms with van der Waals surface area (Å²) in [5, 5.41) is 17.8. The van der Waals surface area contributed by atoms with Crippen molar-refractivity contribution < 1.29 is 31.9 Å². The number of H-pyrrole nitrogens is 1. The number of nitrogens with one attached hydrogen (secondary N) is 1. The average Bonchev–Trinajstić information content (AvgIpc) is 3.61. The molecule has 0 aliphatic heterocycles. The van der Waals surface area contributed by atoms with Gasteiger partial charge in [-0.15, -0.1) is 11.3 Å². The lowest BCUT2D eigenvalue weighted by Gasteiger charge is -2.02. The molecule has 0 amide bonds. The summed E-state index contributed by atoms with van der Waals surface area (Å²) in [4.78, 5) is 27.5. The molecule has 0 saturated heterocycles. The van der Waals surface area contributed by atoms with Gasteiger partial charge in [0.05, 0.1) is 13.1 Å². The van der Waals surface area contributed by atoms with Gasteiger partial charge < -0.3 is 10.8 Å². The number of alkyl halides is 3. The zero-order chi connectivity index (χ0) is 27.2. The molecule has 0 saturated carbocycles. The van der Waals surface area contributed by atoms with Crippen molar-refractivity contribution in [3.63, 3.8) is 0 Å². The van der Waals surface area contributed by atoms with E-state index < -0.39 is 23.9 Å². The molecule has 0 aliphatic rings. The van der Waals surface area contributed by atoms with Crippen molar-refractivity contribution in [2.75, 3.05) is 6.54 Å². The van der Waals surface area contributed by atoms with E-state index in [0.717, 1.165) is 25.6 Å². The molecule has 3 aromatic heterocycles. The number of rotatable bonds is 7. The van der Waals surface area contributed by atoms with Crippen molar-refractivity contribution in [2.45, 2.75) is 19.3 Å². The Morgan fingerprint density at radius 1 is 1.16 bits per heavy atom. The summed E-state index contributed by atoms with van der Waals surface area (Å²) in [6, 6.07) is 11.8. The quantitative estimate of drug-likeness (QED) is 0.303. The van der Waals surface area contributed by atoms with E-state index in [1.165, 1.54) is 28.6 Å². The van der Waals surface area contributed by atoms with Crippen LogP contribution in [0, 0.1) is 0 Å². The second-order valence-corrected chi connectivity index (χ2v) is 8.42. The fourth-order valence-corrected chi connectivity index (χ4v) is 3.92. The zero-order valence-electron chi connectivity index (χ0n) is 18.6. The molecule has 4 N–H and O–H groups in total. The minimum Gasteiger partial charge on any atom is -0.475 e. The smallest absolute Gasteiger partial charge is 0.475 e. The Balaban J connectivity index is 0.000000479. The number of carboxylic acids is 1. The number of aliphatic carboxylic acids is 1. The first kappa shape index (κ1) is 27.4. The van der Waals surface area contributed by atoms with Crippen LogP contribution in [0.4, 0.5) is 22.0 Å². The molecular formula is C21H18F5N7O3S. The topological polar surface area (TPSA) is 145 Å². The molecule has 4 aromatic rings. The number of thiophene rings is 1. The van der Waals surface area contributed by atoms with Crippen LogP contribution in [0.2, 0.25) is 0 Å². The Morgan fingerprint density at radius 2 is 1.86 bits per heavy atom. The molecule has 0 fully saturated rings. The highest BCUT2D eigenvalue weighted by molar-refractivity contribution is 7.15. The largest absolute Gasteiger partial charge is 0.490 e. The Bertz CT molecular complexity index is 1440. The minimum atomic E-state index is -5.08. The molecule has 0 atom stereocenters. The van der Waals surface area contributed by atoms with Crippen LogP contribution >= 0.6 is 11.3 Å². The molecule has 0 spiro atoms. The fraction of sp³-hybridized carbons (Fsp3) is 0.190. The van der Waals surface area contributed by atoms with Crippen molar-refractivity contribution in [2.24, 2.45) is 5.73 Å². The van der Waals surface area contributed by atoms with E-state index in [9.17, 15) is 26.7 Å². The van der Waals surface area contributed by atoms with E-state index >= 15 is 0 Å². The highest BCUT2D eigenvalue weighted by Crippen LogP contribution is 2.30. The Hall–Kier alpha value is -4.18. The third-order valence-corrected chi connectivity index (χ3v) is 5.84. The van der Waals surface area contributed by atoms with Gasteiger partial charge in [0.25, 0.3) is 6.08 Å². The average molecular weight is 543 g/mol. The molecule has 3 heterocycles. The molecule has 1 aromatic carbocycles. The van der Waals surface area contributed by atoms with Crippen molar-refractivity contribution in [1.82, 2.24) is 29.5 Å². The van der Waals surface area contributed by atoms with E-state index in [1.807, 2.05) is 36.4 Å². The molecule has 196 valence electrons. The normalized spacial score (nSPS) is 11.1. The van der Waals surface area contributed by atoms with E-state index in [0.29, 0.717) is 12.4 Å². The van der Waals surface area contributed by atoms with Crippen LogP contribution in [0.1, 0.15) is 4.88 Å². The van der Waals surface area contributed by atoms with Crippen LogP contribution in [-0.4, -0.2) is 53.3 Å². The summed E-state index contributed by atoms with van der Waals surface area (Å²) in [6.45, 7) is -0.358. The van der Waals surface area contributed by atoms with Gasteiger partial charge in [-0.1, -0.05) is 18.2 Å². The van der Waals surface area contributed by atoms with Crippen LogP contribution in [0.5, 0.6) is 0 Å². The van der Waals surface area contributed by atoms with Gasteiger partial charge >= 0.3 is 17.8 Å². The van der Waals surface area contributed by atoms with Gasteiger partial charge in [0.2, 0.25) is 0 Å². The molecular weight excluding hydrogens is 525 g/mol. The fourth-order valence-electron chi connectivity index (χ4n) is 2.92. The molecule has 0 unspecified atom stereocenters. The maximum absolute atomic E-state index is 12.8. The summed E-state index contributed by atoms with van der Waals surface area (Å²) in [5.74, 6) is -2.07. The lowest BCUT2D eigenvalue weighted by atomic mass is 10.1. The van der Waals surface area contributed by atoms with Crippen molar-refractivity contribution in [3.8, 4) is 21.8 Å². The standard InChI is InChI=1S/C19H17F2N7OS.C2HF3O2/c20-17(21)14(7-22)8-28-19(29)27(11-25-28)9-15-4-5-16(30-15)12-2-1-3-13(6-12)18-23-10-24-26-18;3-2(4,5)1(6)7/h1-6,10-11H,7-9,22H2,(H,23,24,26);(H,6,7). The van der Waals surface area contributed by atoms with E-state index in [1.54, 1.807) is 0 Å². The van der Waals surface area contributed by atoms with E-state index in [2.05, 4.69) is 20.3 Å². The Kier molecular flexibility index (Phi) is 8.67. The maximum Gasteiger partial charge on any atom is 0.490 e. The number of aromatic nitrogens is 6. The highest BCUT2D eigenvalue weighted by atomic mass is 32.1. The predicted molar refractivity (Wildman–Crippen MR) is 123 cm³/mol. The number of aromatic amines is 1. The van der Waals surface area contributed by atoms with Crippen LogP contribution in [0.25, 0.3) is 21.8 Å². The lowest BCUT2D eigenvalue weighted by Crippen LogP contribution is -2.27. The van der Waals surface area contributed by atoms with E-state index in [4.69, 9.17) is 15.6 Å². The van der Waals surface area contributed by atoms with Crippen molar-refractivity contribution >= 4 is 17.3 Å². The van der Waals surface area contributed by atoms with Gasteiger partial charge in [-0.05, 0) is 23.8 Å². The van der Waals surface area contributed by atoms with Crippen molar-refractivity contribution in [1.29, 1.82) is 0 Å². The Morgan fingerprint density at radius 3 is 2.46 bits per heavy atom. The molecule has 0 radical (unpaired) electrons. The summed E-state index contributed by atoms with van der Waals surface area (Å²) < 4.78 is 59.7. The lowest BCUT2D eigenvalue weighted by molar-refractivity contribution is -0.192. The van der Waals surface area contributed by atoms with Gasteiger partial charge in [0.15, 0.2) is 5.82 Å². The SMILES string of the molecule is NCC(Cn1ncn(Cc2ccc(-c3cccc(-c4ncn[nH]4)c3)s2)c1=O)=C(F)F.O=C(O)C(F)(F)F. The predicted octanol–water partition coefficient (Wildman–Crippen LogP) is 3.35. The number of hydrogen-bond acceptors (Lipinski definition) is 7. The number of hydrogen-bond donors (Lipinski definition) is 3. The number of nitrogens with two attached hydrogens (primary N) is 1. The third-order valence-electron chi connectivity index (χ3n) is 4.72. The zero-order valence-corrected chi connectivity index (χ0v) is 19.4. The molecule has 16 heteroatoms. The van der Waals surface area contributed by atoms with Crippen molar-refractivity contribution in [3.05, 3.63) is 76.1 Å². The van der Waals surface area contributed by atoms with Gasteiger partial charge in [-0.25, -0.2) is 19.3 Å². The highest BCUT2D eigenvalue weighted by Gasteiger charge is 2.38. The monoisotopic (exact) mass is 543 g/mol. The number of carbonyl (C=O) groups is 1. The van der Waals surface area contributed by atoms with Crippen LogP contribution in [0.3, 0.4) is 0 Å². The number of halogens is 5. The van der Waals surface area contributed by atoms with Gasteiger partial charge in [0.1, 0.15) is 12.7 Å². The molecule has 0 aliphatic carbocycles. The van der Waals surface area contributed by atoms with Crippen LogP contribution in [-0.2, 0) is 17.9 Å². The van der Waals surface area contributed by atoms with Crippen LogP contribution < -0.4 is 11.4 Å². The van der Waals surface area contributed by atoms with Gasteiger partial charge in [-0.3, -0.25) is 9.67 Å². The second kappa shape index (κ2) is 11.7. The first-order valence-electron chi connectivity index (χ1n) is 10.2. The summed E-state index contributed by atoms with van der Waals surface area (Å²) in [7, 11) is 0. The van der Waals surface area contributed by atoms with E-state index in [-0.39, 0.29) is 18.7 Å². The Labute approximate surface area is 208 Å². The van der Waals surface area contributed by atoms with Gasteiger partial charge in [-0.2, -0.15) is 32.1 Å². The molecule has 37 heavy (non-hydrogen) atoms. The third kappa shape index (κ3) is 7.17. The molecule has 0 bridgehead atoms. The van der Waals surface area contributed by atoms with Gasteiger partial charge in [0, 0.05) is 27.4 Å². The molecule has 10 nitrogen and oxygen atoms in total. The first-order chi connectivity index (χ1) is 17.5. The number of benzene rings is 1. The maximum atomic E-state index is 12.8. The number of nitrogens with zero attached hydrogens (tertiary/aromatic N) is 5. The number of carboxylic acid groups (broad SMARTS) is 1. The second-order valence-electron chi connectivity index (χ2n) is 7.25. The van der Waals surface area contributed by atoms with Crippen LogP contribution in [0.15, 0.2) is 65.5 Å². The summed E-state index contributed by atoms with van der Waals surface area (Å²) >= 11 is 1.54. The summed E-state index contributed by atoms with van der Waals surface area (Å²) in [5.41, 5.74) is 6.46. The minimum absolute atomic E-state index is 0.297.